The zero-order valence-electron chi connectivity index (χ0n) is 21.4. The highest BCUT2D eigenvalue weighted by molar-refractivity contribution is 8.53. The van der Waals surface area contributed by atoms with Crippen LogP contribution in [0.3, 0.4) is 0 Å². The zero-order chi connectivity index (χ0) is 26.9. The Balaban J connectivity index is 1.69. The number of benzene rings is 2. The number of nitrogens with zero attached hydrogens (tertiary/aromatic N) is 1. The minimum absolute atomic E-state index is 0.0105. The molecule has 6 nitrogen and oxygen atoms in total. The number of allylic oxidation sites excluding steroid dienone is 1. The predicted molar refractivity (Wildman–Crippen MR) is 142 cm³/mol. The molecule has 2 aromatic carbocycles. The standard InChI is InChI=1S/C24H26BClFNO5PS/c1-14(16(3)29)9-17-7-8-21(20(27)11-17)31-23-12-22(33-35-34-25)24(32-23)15(2)28-30-13-18-5-4-6-19(26)10-18/h4-11,22-25,34H,12-13H2,1-3H3/b14-9+,28-15+/t22?,23-,24-,34?/m1/s1/i25T,34D. The molecule has 0 aliphatic carbocycles. The van der Waals surface area contributed by atoms with E-state index in [1.54, 1.807) is 38.1 Å². The summed E-state index contributed by atoms with van der Waals surface area (Å²) in [4.78, 5) is 16.9. The van der Waals surface area contributed by atoms with Crippen molar-refractivity contribution < 1.29 is 27.7 Å². The topological polar surface area (TPSA) is 66.4 Å². The number of rotatable bonds is 12. The van der Waals surface area contributed by atoms with Crippen molar-refractivity contribution in [3.05, 3.63) is 70.0 Å². The van der Waals surface area contributed by atoms with Crippen LogP contribution in [0.4, 0.5) is 4.39 Å². The van der Waals surface area contributed by atoms with Gasteiger partial charge in [-0.2, -0.15) is 0 Å². The molecule has 1 radical (unpaired) electrons. The second-order valence-corrected chi connectivity index (χ2v) is 9.93. The van der Waals surface area contributed by atoms with Crippen LogP contribution in [0, 0.1) is 5.82 Å². The van der Waals surface area contributed by atoms with Crippen molar-refractivity contribution in [1.82, 2.24) is 0 Å². The number of oxime groups is 1. The smallest absolute Gasteiger partial charge is 0.203 e. The molecule has 11 heteroatoms. The Morgan fingerprint density at radius 1 is 1.43 bits per heavy atom. The van der Waals surface area contributed by atoms with Gasteiger partial charge in [0.25, 0.3) is 0 Å². The molecule has 185 valence electrons. The molecule has 1 aliphatic heterocycles. The van der Waals surface area contributed by atoms with E-state index in [4.69, 9.17) is 32.7 Å². The Bertz CT molecular complexity index is 1160. The first kappa shape index (κ1) is 24.8. The Morgan fingerprint density at radius 3 is 2.97 bits per heavy atom. The van der Waals surface area contributed by atoms with Crippen LogP contribution in [-0.4, -0.2) is 40.1 Å². The maximum atomic E-state index is 14.7. The van der Waals surface area contributed by atoms with Gasteiger partial charge in [0, 0.05) is 23.1 Å². The summed E-state index contributed by atoms with van der Waals surface area (Å²) in [6, 6.07) is 11.6. The quantitative estimate of drug-likeness (QED) is 0.0823. The average molecular weight is 540 g/mol. The summed E-state index contributed by atoms with van der Waals surface area (Å²) in [5.74, 6) is -0.704. The van der Waals surface area contributed by atoms with Crippen LogP contribution in [0.5, 0.6) is 5.75 Å². The maximum Gasteiger partial charge on any atom is 0.203 e. The molecule has 1 fully saturated rings. The van der Waals surface area contributed by atoms with Gasteiger partial charge in [-0.3, -0.25) is 4.79 Å². The fourth-order valence-corrected chi connectivity index (χ4v) is 4.35. The van der Waals surface area contributed by atoms with E-state index in [1.807, 2.05) is 12.1 Å². The number of Topliss-reactive ketones (excluding diaryl/α,β-unsaturated/α-hetero) is 1. The number of ether oxygens (including phenoxy) is 2. The SMILES string of the molecule is [2H]P([B][3H])SOC1C[C@H](Oc2ccc(/C=C(\C)C(C)=O)cc2F)O[C@@H]1/C(C)=N/OCc1cccc(Cl)c1. The number of carbonyl (C=O) groups is 1. The monoisotopic (exact) mass is 539 g/mol. The molecule has 4 atom stereocenters. The Hall–Kier alpha value is -1.90. The molecule has 2 unspecified atom stereocenters. The molecule has 2 aromatic rings. The summed E-state index contributed by atoms with van der Waals surface area (Å²) in [6.07, 6.45) is -0.239. The third-order valence-electron chi connectivity index (χ3n) is 5.16. The minimum Gasteiger partial charge on any atom is -0.462 e. The van der Waals surface area contributed by atoms with Gasteiger partial charge in [-0.15, -0.1) is 0 Å². The second-order valence-electron chi connectivity index (χ2n) is 7.86. The van der Waals surface area contributed by atoms with Gasteiger partial charge in [0.05, 0.1) is 6.99 Å². The molecule has 0 aromatic heterocycles. The van der Waals surface area contributed by atoms with Gasteiger partial charge in [0.2, 0.25) is 6.29 Å². The number of ketones is 1. The van der Waals surface area contributed by atoms with Crippen molar-refractivity contribution in [3.8, 4) is 5.75 Å². The minimum atomic E-state index is -1.54. The van der Waals surface area contributed by atoms with Crippen molar-refractivity contribution in [3.63, 3.8) is 0 Å². The van der Waals surface area contributed by atoms with Gasteiger partial charge in [0.15, 0.2) is 17.3 Å². The lowest BCUT2D eigenvalue weighted by atomic mass is 10.1. The summed E-state index contributed by atoms with van der Waals surface area (Å²) in [5.41, 5.74) is 2.37. The van der Waals surface area contributed by atoms with E-state index < -0.39 is 31.9 Å². The maximum absolute atomic E-state index is 14.7. The normalized spacial score (nSPS) is 22.3. The predicted octanol–water partition coefficient (Wildman–Crippen LogP) is 6.00. The molecule has 3 rings (SSSR count). The highest BCUT2D eigenvalue weighted by Crippen LogP contribution is 2.35. The van der Waals surface area contributed by atoms with Gasteiger partial charge < -0.3 is 18.5 Å². The highest BCUT2D eigenvalue weighted by atomic mass is 35.5. The first-order chi connectivity index (χ1) is 17.7. The van der Waals surface area contributed by atoms with Gasteiger partial charge in [-0.05, 0) is 69.1 Å². The molecule has 1 aliphatic rings. The van der Waals surface area contributed by atoms with E-state index in [0.717, 1.165) is 24.8 Å². The Morgan fingerprint density at radius 2 is 2.26 bits per heavy atom. The van der Waals surface area contributed by atoms with Crippen LogP contribution in [0.25, 0.3) is 6.08 Å². The average Bonchev–Trinajstić information content (AvgIpc) is 3.26. The van der Waals surface area contributed by atoms with Gasteiger partial charge in [-0.1, -0.05) is 42.6 Å². The van der Waals surface area contributed by atoms with E-state index >= 15 is 0 Å². The van der Waals surface area contributed by atoms with E-state index in [-0.39, 0.29) is 24.6 Å². The second kappa shape index (κ2) is 13.4. The molecule has 1 saturated heterocycles. The fourth-order valence-electron chi connectivity index (χ4n) is 3.32. The lowest BCUT2D eigenvalue weighted by molar-refractivity contribution is -0.113. The van der Waals surface area contributed by atoms with Crippen molar-refractivity contribution >= 4 is 56.0 Å². The zero-order valence-corrected chi connectivity index (χ0v) is 21.9. The molecular weight excluding hydrogens is 511 g/mol. The van der Waals surface area contributed by atoms with Crippen molar-refractivity contribution in [1.29, 1.82) is 2.61 Å². The van der Waals surface area contributed by atoms with E-state index in [9.17, 15) is 9.18 Å². The molecule has 0 bridgehead atoms. The number of carbonyl (C=O) groups excluding carboxylic acids is 1. The highest BCUT2D eigenvalue weighted by Gasteiger charge is 2.40. The number of hydrogen-bond donors (Lipinski definition) is 0. The number of halogens is 2. The summed E-state index contributed by atoms with van der Waals surface area (Å²) >= 11 is 6.87. The van der Waals surface area contributed by atoms with Gasteiger partial charge in [-0.25, -0.2) is 4.39 Å². The largest absolute Gasteiger partial charge is 0.462 e. The van der Waals surface area contributed by atoms with Crippen LogP contribution < -0.4 is 4.74 Å². The molecule has 0 saturated carbocycles. The lowest BCUT2D eigenvalue weighted by Crippen LogP contribution is -2.30. The van der Waals surface area contributed by atoms with Gasteiger partial charge in [0.1, 0.15) is 26.3 Å². The Labute approximate surface area is 219 Å². The first-order valence-corrected chi connectivity index (χ1v) is 13.4. The fraction of sp³-hybridized carbons (Fsp3) is 0.333. The van der Waals surface area contributed by atoms with E-state index in [0.29, 0.717) is 21.9 Å². The van der Waals surface area contributed by atoms with Gasteiger partial charge >= 0.3 is 0 Å². The number of hydrogen-bond acceptors (Lipinski definition) is 7. The molecule has 0 amide bonds. The van der Waals surface area contributed by atoms with Crippen LogP contribution in [0.1, 0.15) is 38.3 Å². The van der Waals surface area contributed by atoms with Crippen molar-refractivity contribution in [2.45, 2.75) is 52.3 Å². The first-order valence-electron chi connectivity index (χ1n) is 11.7. The third-order valence-corrected chi connectivity index (χ3v) is 6.33. The summed E-state index contributed by atoms with van der Waals surface area (Å²) in [7, 11) is -0.537. The van der Waals surface area contributed by atoms with Crippen molar-refractivity contribution in [2.75, 3.05) is 0 Å². The summed E-state index contributed by atoms with van der Waals surface area (Å²) < 4.78 is 47.3. The third kappa shape index (κ3) is 8.33. The molecule has 0 N–H and O–H groups in total. The molecule has 1 heterocycles. The molecular formula is C24H26BClFNO5PS. The summed E-state index contributed by atoms with van der Waals surface area (Å²) in [5, 5.41) is 4.74. The van der Waals surface area contributed by atoms with Crippen LogP contribution >= 0.6 is 30.9 Å². The Kier molecular flexibility index (Phi) is 9.51. The lowest BCUT2D eigenvalue weighted by Gasteiger charge is -2.17. The van der Waals surface area contributed by atoms with Crippen LogP contribution in [-0.2, 0) is 25.2 Å². The van der Waals surface area contributed by atoms with Crippen molar-refractivity contribution in [2.24, 2.45) is 5.16 Å². The molecule has 35 heavy (non-hydrogen) atoms. The van der Waals surface area contributed by atoms with E-state index in [1.165, 1.54) is 19.1 Å². The van der Waals surface area contributed by atoms with E-state index in [2.05, 4.69) is 5.16 Å². The summed E-state index contributed by atoms with van der Waals surface area (Å²) in [6.45, 7) is 5.03. The van der Waals surface area contributed by atoms with Crippen LogP contribution in [0.2, 0.25) is 5.02 Å². The van der Waals surface area contributed by atoms with Crippen LogP contribution in [0.15, 0.2) is 53.2 Å². The molecule has 0 spiro atoms.